The number of sulfone groups is 1. The second-order valence-electron chi connectivity index (χ2n) is 3.48. The van der Waals surface area contributed by atoms with Crippen molar-refractivity contribution in [2.45, 2.75) is 17.1 Å². The van der Waals surface area contributed by atoms with Crippen molar-refractivity contribution < 1.29 is 17.6 Å². The molecule has 0 fully saturated rings. The van der Waals surface area contributed by atoms with E-state index in [0.717, 1.165) is 12.1 Å². The molecule has 17 heavy (non-hydrogen) atoms. The third-order valence-corrected chi connectivity index (χ3v) is 4.44. The predicted molar refractivity (Wildman–Crippen MR) is 61.5 cm³/mol. The highest BCUT2D eigenvalue weighted by molar-refractivity contribution is 7.92. The third-order valence-electron chi connectivity index (χ3n) is 2.38. The average molecular weight is 260 g/mol. The summed E-state index contributed by atoms with van der Waals surface area (Å²) >= 11 is 0. The number of halogens is 1. The molecule has 0 aliphatic heterocycles. The molecule has 1 atom stereocenters. The number of nitrogen functional groups attached to an aromatic ring is 1. The van der Waals surface area contributed by atoms with E-state index in [-0.39, 0.29) is 10.6 Å². The molecule has 0 saturated carbocycles. The molecule has 0 heterocycles. The molecule has 7 heteroatoms. The van der Waals surface area contributed by atoms with E-state index in [4.69, 9.17) is 5.73 Å². The number of nitrogens with one attached hydrogen (secondary N) is 1. The van der Waals surface area contributed by atoms with Crippen molar-refractivity contribution in [3.8, 4) is 0 Å². The van der Waals surface area contributed by atoms with Gasteiger partial charge in [0.1, 0.15) is 11.1 Å². The van der Waals surface area contributed by atoms with Gasteiger partial charge in [0.2, 0.25) is 5.91 Å². The molecule has 1 rings (SSSR count). The van der Waals surface area contributed by atoms with Crippen LogP contribution in [0.5, 0.6) is 0 Å². The molecule has 5 nitrogen and oxygen atoms in total. The van der Waals surface area contributed by atoms with Crippen molar-refractivity contribution in [1.82, 2.24) is 5.32 Å². The number of rotatable bonds is 3. The van der Waals surface area contributed by atoms with E-state index in [0.29, 0.717) is 0 Å². The van der Waals surface area contributed by atoms with Gasteiger partial charge < -0.3 is 11.1 Å². The Labute approximate surface area is 98.7 Å². The zero-order valence-corrected chi connectivity index (χ0v) is 10.2. The lowest BCUT2D eigenvalue weighted by Gasteiger charge is -2.11. The molecule has 1 amide bonds. The van der Waals surface area contributed by atoms with E-state index < -0.39 is 26.8 Å². The van der Waals surface area contributed by atoms with Gasteiger partial charge in [-0.15, -0.1) is 0 Å². The number of amides is 1. The van der Waals surface area contributed by atoms with E-state index in [9.17, 15) is 17.6 Å². The van der Waals surface area contributed by atoms with Crippen molar-refractivity contribution in [3.63, 3.8) is 0 Å². The lowest BCUT2D eigenvalue weighted by atomic mass is 10.3. The van der Waals surface area contributed by atoms with Crippen LogP contribution in [-0.2, 0) is 14.6 Å². The normalized spacial score (nSPS) is 13.1. The highest BCUT2D eigenvalue weighted by Crippen LogP contribution is 2.20. The molecule has 3 N–H and O–H groups in total. The molecular weight excluding hydrogens is 247 g/mol. The fourth-order valence-corrected chi connectivity index (χ4v) is 2.57. The minimum absolute atomic E-state index is 0.142. The van der Waals surface area contributed by atoms with Crippen LogP contribution in [0.25, 0.3) is 0 Å². The Kier molecular flexibility index (Phi) is 3.72. The van der Waals surface area contributed by atoms with Crippen LogP contribution in [0.3, 0.4) is 0 Å². The van der Waals surface area contributed by atoms with Crippen molar-refractivity contribution >= 4 is 21.4 Å². The Hall–Kier alpha value is -1.63. The van der Waals surface area contributed by atoms with Crippen LogP contribution < -0.4 is 11.1 Å². The summed E-state index contributed by atoms with van der Waals surface area (Å²) in [6.45, 7) is 1.24. The summed E-state index contributed by atoms with van der Waals surface area (Å²) in [4.78, 5) is 11.0. The fraction of sp³-hybridized carbons (Fsp3) is 0.300. The molecule has 1 aromatic rings. The zero-order chi connectivity index (χ0) is 13.2. The van der Waals surface area contributed by atoms with Crippen molar-refractivity contribution in [1.29, 1.82) is 0 Å². The zero-order valence-electron chi connectivity index (χ0n) is 9.40. The van der Waals surface area contributed by atoms with Crippen LogP contribution in [0.1, 0.15) is 6.92 Å². The molecule has 1 aromatic carbocycles. The fourth-order valence-electron chi connectivity index (χ4n) is 1.23. The lowest BCUT2D eigenvalue weighted by molar-refractivity contribution is -0.119. The number of carbonyl (C=O) groups is 1. The smallest absolute Gasteiger partial charge is 0.238 e. The largest absolute Gasteiger partial charge is 0.396 e. The molecule has 0 spiro atoms. The van der Waals surface area contributed by atoms with E-state index >= 15 is 0 Å². The minimum Gasteiger partial charge on any atom is -0.396 e. The van der Waals surface area contributed by atoms with E-state index in [2.05, 4.69) is 5.32 Å². The number of hydrogen-bond acceptors (Lipinski definition) is 4. The molecule has 0 aliphatic carbocycles. The first-order chi connectivity index (χ1) is 7.80. The summed E-state index contributed by atoms with van der Waals surface area (Å²) in [5, 5.41) is 0.948. The molecule has 1 unspecified atom stereocenters. The number of nitrogens with two attached hydrogens (primary N) is 1. The number of hydrogen-bond donors (Lipinski definition) is 2. The Morgan fingerprint density at radius 3 is 2.53 bits per heavy atom. The number of carbonyl (C=O) groups excluding carboxylic acids is 1. The van der Waals surface area contributed by atoms with Gasteiger partial charge in [-0.3, -0.25) is 4.79 Å². The maximum Gasteiger partial charge on any atom is 0.238 e. The first-order valence-corrected chi connectivity index (χ1v) is 6.36. The summed E-state index contributed by atoms with van der Waals surface area (Å²) in [6.07, 6.45) is 0. The second-order valence-corrected chi connectivity index (χ2v) is 5.75. The maximum atomic E-state index is 13.2. The van der Waals surface area contributed by atoms with E-state index in [1.807, 2.05) is 0 Å². The molecule has 0 aliphatic rings. The van der Waals surface area contributed by atoms with E-state index in [1.54, 1.807) is 0 Å². The summed E-state index contributed by atoms with van der Waals surface area (Å²) in [7, 11) is -2.57. The Morgan fingerprint density at radius 1 is 1.47 bits per heavy atom. The highest BCUT2D eigenvalue weighted by Gasteiger charge is 2.29. The topological polar surface area (TPSA) is 89.3 Å². The van der Waals surface area contributed by atoms with E-state index in [1.165, 1.54) is 20.0 Å². The molecule has 0 saturated heterocycles. The maximum absolute atomic E-state index is 13.2. The SMILES string of the molecule is CNC(=O)C(C)S(=O)(=O)c1ccc(N)c(F)c1. The standard InChI is InChI=1S/C10H13FN2O3S/c1-6(10(14)13-2)17(15,16)7-3-4-9(12)8(11)5-7/h3-6H,12H2,1-2H3,(H,13,14). The Balaban J connectivity index is 3.22. The second kappa shape index (κ2) is 4.70. The average Bonchev–Trinajstić information content (AvgIpc) is 2.30. The van der Waals surface area contributed by atoms with Gasteiger partial charge in [-0.05, 0) is 25.1 Å². The van der Waals surface area contributed by atoms with Gasteiger partial charge in [0.15, 0.2) is 9.84 Å². The van der Waals surface area contributed by atoms with Gasteiger partial charge in [0, 0.05) is 7.05 Å². The number of benzene rings is 1. The minimum atomic E-state index is -3.90. The Bertz CT molecular complexity index is 542. The first kappa shape index (κ1) is 13.4. The predicted octanol–water partition coefficient (Wildman–Crippen LogP) is 0.316. The van der Waals surface area contributed by atoms with Crippen LogP contribution in [0.2, 0.25) is 0 Å². The van der Waals surface area contributed by atoms with Crippen LogP contribution in [0.15, 0.2) is 23.1 Å². The monoisotopic (exact) mass is 260 g/mol. The number of anilines is 1. The van der Waals surface area contributed by atoms with Gasteiger partial charge in [-0.1, -0.05) is 0 Å². The van der Waals surface area contributed by atoms with Gasteiger partial charge in [0.25, 0.3) is 0 Å². The van der Waals surface area contributed by atoms with Crippen LogP contribution in [0, 0.1) is 5.82 Å². The molecule has 0 bridgehead atoms. The summed E-state index contributed by atoms with van der Waals surface area (Å²) < 4.78 is 37.0. The molecular formula is C10H13FN2O3S. The summed E-state index contributed by atoms with van der Waals surface area (Å²) in [6, 6.07) is 3.14. The van der Waals surface area contributed by atoms with Crippen molar-refractivity contribution in [3.05, 3.63) is 24.0 Å². The molecule has 0 radical (unpaired) electrons. The van der Waals surface area contributed by atoms with Gasteiger partial charge >= 0.3 is 0 Å². The van der Waals surface area contributed by atoms with Gasteiger partial charge in [-0.2, -0.15) is 0 Å². The van der Waals surface area contributed by atoms with Gasteiger partial charge in [-0.25, -0.2) is 12.8 Å². The molecule has 94 valence electrons. The van der Waals surface area contributed by atoms with Crippen LogP contribution >= 0.6 is 0 Å². The summed E-state index contributed by atoms with van der Waals surface area (Å²) in [5.74, 6) is -1.47. The summed E-state index contributed by atoms with van der Waals surface area (Å²) in [5.41, 5.74) is 5.10. The first-order valence-electron chi connectivity index (χ1n) is 4.81. The lowest BCUT2D eigenvalue weighted by Crippen LogP contribution is -2.35. The highest BCUT2D eigenvalue weighted by atomic mass is 32.2. The third kappa shape index (κ3) is 2.55. The quantitative estimate of drug-likeness (QED) is 0.766. The Morgan fingerprint density at radius 2 is 2.06 bits per heavy atom. The van der Waals surface area contributed by atoms with Gasteiger partial charge in [0.05, 0.1) is 10.6 Å². The van der Waals surface area contributed by atoms with Crippen molar-refractivity contribution in [2.75, 3.05) is 12.8 Å². The van der Waals surface area contributed by atoms with Crippen LogP contribution in [-0.4, -0.2) is 26.6 Å². The molecule has 0 aromatic heterocycles. The van der Waals surface area contributed by atoms with Crippen LogP contribution in [0.4, 0.5) is 10.1 Å². The van der Waals surface area contributed by atoms with Crippen molar-refractivity contribution in [2.24, 2.45) is 0 Å².